The van der Waals surface area contributed by atoms with E-state index in [-0.39, 0.29) is 5.91 Å². The van der Waals surface area contributed by atoms with E-state index in [0.717, 1.165) is 15.7 Å². The normalized spacial score (nSPS) is 10.2. The Balaban J connectivity index is 2.21. The lowest BCUT2D eigenvalue weighted by molar-refractivity contribution is 0.102. The zero-order valence-corrected chi connectivity index (χ0v) is 13.4. The van der Waals surface area contributed by atoms with Gasteiger partial charge in [0, 0.05) is 28.4 Å². The van der Waals surface area contributed by atoms with Gasteiger partial charge in [-0.3, -0.25) is 4.79 Å². The second-order valence-corrected chi connectivity index (χ2v) is 5.34. The van der Waals surface area contributed by atoms with Gasteiger partial charge in [-0.15, -0.1) is 0 Å². The van der Waals surface area contributed by atoms with E-state index in [2.05, 4.69) is 21.2 Å². The lowest BCUT2D eigenvalue weighted by Crippen LogP contribution is -2.12. The molecule has 2 aromatic carbocycles. The number of amides is 1. The van der Waals surface area contributed by atoms with Gasteiger partial charge in [0.05, 0.1) is 13.7 Å². The van der Waals surface area contributed by atoms with Gasteiger partial charge in [-0.05, 0) is 36.4 Å². The number of halogens is 1. The predicted molar refractivity (Wildman–Crippen MR) is 85.8 cm³/mol. The van der Waals surface area contributed by atoms with Gasteiger partial charge in [-0.2, -0.15) is 0 Å². The van der Waals surface area contributed by atoms with Crippen LogP contribution in [-0.2, 0) is 11.3 Å². The fourth-order valence-corrected chi connectivity index (χ4v) is 2.36. The number of hydrogen-bond acceptors (Lipinski definition) is 3. The molecule has 0 fully saturated rings. The Kier molecular flexibility index (Phi) is 5.36. The molecule has 5 heteroatoms. The first kappa shape index (κ1) is 15.5. The number of methoxy groups -OCH3 is 2. The highest BCUT2D eigenvalue weighted by atomic mass is 79.9. The minimum Gasteiger partial charge on any atom is -0.496 e. The molecule has 0 aliphatic rings. The average molecular weight is 350 g/mol. The van der Waals surface area contributed by atoms with Crippen LogP contribution < -0.4 is 10.1 Å². The summed E-state index contributed by atoms with van der Waals surface area (Å²) in [6.45, 7) is 0.390. The molecule has 0 spiro atoms. The summed E-state index contributed by atoms with van der Waals surface area (Å²) in [5, 5.41) is 2.86. The molecule has 2 aromatic rings. The van der Waals surface area contributed by atoms with Crippen LogP contribution in [0, 0.1) is 0 Å². The van der Waals surface area contributed by atoms with Crippen molar-refractivity contribution in [1.82, 2.24) is 0 Å². The molecule has 0 heterocycles. The van der Waals surface area contributed by atoms with Gasteiger partial charge in [0.2, 0.25) is 0 Å². The van der Waals surface area contributed by atoms with Crippen LogP contribution in [0.2, 0.25) is 0 Å². The number of carbonyl (C=O) groups excluding carboxylic acids is 1. The van der Waals surface area contributed by atoms with E-state index in [0.29, 0.717) is 17.9 Å². The molecule has 0 aliphatic carbocycles. The molecule has 1 N–H and O–H groups in total. The topological polar surface area (TPSA) is 47.6 Å². The molecule has 0 saturated carbocycles. The Labute approximate surface area is 132 Å². The molecule has 0 atom stereocenters. The van der Waals surface area contributed by atoms with E-state index >= 15 is 0 Å². The summed E-state index contributed by atoms with van der Waals surface area (Å²) in [5.74, 6) is 0.531. The highest BCUT2D eigenvalue weighted by Crippen LogP contribution is 2.22. The van der Waals surface area contributed by atoms with Crippen molar-refractivity contribution >= 4 is 27.5 Å². The summed E-state index contributed by atoms with van der Waals surface area (Å²) in [6.07, 6.45) is 0. The van der Waals surface area contributed by atoms with Crippen molar-refractivity contribution in [2.45, 2.75) is 6.61 Å². The Morgan fingerprint density at radius 1 is 1.19 bits per heavy atom. The van der Waals surface area contributed by atoms with Crippen LogP contribution in [0.1, 0.15) is 15.9 Å². The van der Waals surface area contributed by atoms with Crippen LogP contribution in [0.5, 0.6) is 5.75 Å². The zero-order valence-electron chi connectivity index (χ0n) is 11.9. The summed E-state index contributed by atoms with van der Waals surface area (Å²) in [4.78, 5) is 12.3. The quantitative estimate of drug-likeness (QED) is 0.891. The molecule has 0 unspecified atom stereocenters. The van der Waals surface area contributed by atoms with Crippen molar-refractivity contribution in [2.75, 3.05) is 19.5 Å². The first-order valence-electron chi connectivity index (χ1n) is 6.37. The van der Waals surface area contributed by atoms with Gasteiger partial charge < -0.3 is 14.8 Å². The van der Waals surface area contributed by atoms with E-state index in [9.17, 15) is 4.79 Å². The second kappa shape index (κ2) is 7.24. The lowest BCUT2D eigenvalue weighted by atomic mass is 10.1. The first-order valence-corrected chi connectivity index (χ1v) is 7.16. The number of rotatable bonds is 5. The molecule has 0 aromatic heterocycles. The van der Waals surface area contributed by atoms with E-state index in [1.165, 1.54) is 0 Å². The van der Waals surface area contributed by atoms with E-state index < -0.39 is 0 Å². The van der Waals surface area contributed by atoms with Crippen molar-refractivity contribution in [3.63, 3.8) is 0 Å². The van der Waals surface area contributed by atoms with Crippen molar-refractivity contribution in [3.8, 4) is 5.75 Å². The third kappa shape index (κ3) is 4.06. The average Bonchev–Trinajstić information content (AvgIpc) is 2.47. The lowest BCUT2D eigenvalue weighted by Gasteiger charge is -2.10. The Hall–Kier alpha value is -1.85. The molecule has 21 heavy (non-hydrogen) atoms. The fourth-order valence-electron chi connectivity index (χ4n) is 1.96. The number of ether oxygens (including phenoxy) is 2. The molecular formula is C16H16BrNO3. The summed E-state index contributed by atoms with van der Waals surface area (Å²) < 4.78 is 11.3. The molecule has 1 amide bonds. The summed E-state index contributed by atoms with van der Waals surface area (Å²) in [6, 6.07) is 12.7. The van der Waals surface area contributed by atoms with E-state index in [4.69, 9.17) is 9.47 Å². The second-order valence-electron chi connectivity index (χ2n) is 4.42. The number of benzene rings is 2. The third-order valence-corrected chi connectivity index (χ3v) is 3.42. The fraction of sp³-hybridized carbons (Fsp3) is 0.188. The Morgan fingerprint density at radius 2 is 2.00 bits per heavy atom. The van der Waals surface area contributed by atoms with Crippen molar-refractivity contribution < 1.29 is 14.3 Å². The van der Waals surface area contributed by atoms with Crippen LogP contribution in [0.25, 0.3) is 0 Å². The maximum atomic E-state index is 12.3. The number of nitrogens with one attached hydrogen (secondary N) is 1. The molecule has 0 aliphatic heterocycles. The highest BCUT2D eigenvalue weighted by Gasteiger charge is 2.10. The third-order valence-electron chi connectivity index (χ3n) is 2.92. The molecule has 0 radical (unpaired) electrons. The molecule has 110 valence electrons. The smallest absolute Gasteiger partial charge is 0.255 e. The summed E-state index contributed by atoms with van der Waals surface area (Å²) in [5.41, 5.74) is 2.13. The monoisotopic (exact) mass is 349 g/mol. The van der Waals surface area contributed by atoms with Gasteiger partial charge in [0.25, 0.3) is 5.91 Å². The number of anilines is 1. The summed E-state index contributed by atoms with van der Waals surface area (Å²) >= 11 is 3.37. The Morgan fingerprint density at radius 3 is 2.67 bits per heavy atom. The minimum absolute atomic E-state index is 0.173. The van der Waals surface area contributed by atoms with Gasteiger partial charge in [-0.25, -0.2) is 0 Å². The zero-order chi connectivity index (χ0) is 15.2. The highest BCUT2D eigenvalue weighted by molar-refractivity contribution is 9.10. The summed E-state index contributed by atoms with van der Waals surface area (Å²) in [7, 11) is 3.20. The van der Waals surface area contributed by atoms with Crippen LogP contribution in [0.3, 0.4) is 0 Å². The SMILES string of the molecule is COCc1cc(C(=O)Nc2cccc(Br)c2)ccc1OC. The van der Waals surface area contributed by atoms with Gasteiger partial charge >= 0.3 is 0 Å². The van der Waals surface area contributed by atoms with Gasteiger partial charge in [-0.1, -0.05) is 22.0 Å². The minimum atomic E-state index is -0.173. The maximum Gasteiger partial charge on any atom is 0.255 e. The number of hydrogen-bond donors (Lipinski definition) is 1. The molecule has 4 nitrogen and oxygen atoms in total. The Bertz CT molecular complexity index is 643. The first-order chi connectivity index (χ1) is 10.1. The van der Waals surface area contributed by atoms with Gasteiger partial charge in [0.1, 0.15) is 5.75 Å². The van der Waals surface area contributed by atoms with Crippen molar-refractivity contribution in [1.29, 1.82) is 0 Å². The predicted octanol–water partition coefficient (Wildman–Crippen LogP) is 3.86. The number of carbonyl (C=O) groups is 1. The maximum absolute atomic E-state index is 12.3. The molecular weight excluding hydrogens is 334 g/mol. The standard InChI is InChI=1S/C16H16BrNO3/c1-20-10-12-8-11(6-7-15(12)21-2)16(19)18-14-5-3-4-13(17)9-14/h3-9H,10H2,1-2H3,(H,18,19). The van der Waals surface area contributed by atoms with E-state index in [1.807, 2.05) is 24.3 Å². The largest absolute Gasteiger partial charge is 0.496 e. The molecule has 0 saturated heterocycles. The van der Waals surface area contributed by atoms with Crippen molar-refractivity contribution in [3.05, 3.63) is 58.1 Å². The van der Waals surface area contributed by atoms with Crippen LogP contribution in [0.4, 0.5) is 5.69 Å². The van der Waals surface area contributed by atoms with Crippen molar-refractivity contribution in [2.24, 2.45) is 0 Å². The molecule has 2 rings (SSSR count). The van der Waals surface area contributed by atoms with Gasteiger partial charge in [0.15, 0.2) is 0 Å². The van der Waals surface area contributed by atoms with E-state index in [1.54, 1.807) is 32.4 Å². The molecule has 0 bridgehead atoms. The van der Waals surface area contributed by atoms with Crippen LogP contribution in [0.15, 0.2) is 46.9 Å². The van der Waals surface area contributed by atoms with Crippen LogP contribution >= 0.6 is 15.9 Å². The van der Waals surface area contributed by atoms with Crippen LogP contribution in [-0.4, -0.2) is 20.1 Å².